The van der Waals surface area contributed by atoms with Gasteiger partial charge in [-0.05, 0) is 6.92 Å². The smallest absolute Gasteiger partial charge is 0.294 e. The van der Waals surface area contributed by atoms with Crippen molar-refractivity contribution in [1.82, 2.24) is 4.90 Å². The lowest BCUT2D eigenvalue weighted by Gasteiger charge is -2.17. The van der Waals surface area contributed by atoms with Gasteiger partial charge in [-0.15, -0.1) is 0 Å². The highest BCUT2D eigenvalue weighted by molar-refractivity contribution is 5.66. The summed E-state index contributed by atoms with van der Waals surface area (Å²) in [4.78, 5) is 2.96. The monoisotopic (exact) mass is 130 g/mol. The van der Waals surface area contributed by atoms with Crippen LogP contribution in [0.2, 0.25) is 0 Å². The molecule has 3 heteroatoms. The lowest BCUT2D eigenvalue weighted by molar-refractivity contribution is -0.787. The first-order chi connectivity index (χ1) is 4.09. The largest absolute Gasteiger partial charge is 0.318 e. The van der Waals surface area contributed by atoms with Crippen LogP contribution in [-0.2, 0) is 0 Å². The highest BCUT2D eigenvalue weighted by atomic mass is 15.3. The van der Waals surface area contributed by atoms with Crippen LogP contribution in [0.4, 0.5) is 0 Å². The standard InChI is InChI=1S/C6H15N3/c1-5-9(4)6(7)8(2)3/h7H,5H2,1-4H3/p+1. The molecule has 0 saturated carbocycles. The fourth-order valence-corrected chi connectivity index (χ4v) is 0.549. The second-order valence-corrected chi connectivity index (χ2v) is 2.38. The Morgan fingerprint density at radius 1 is 1.56 bits per heavy atom. The van der Waals surface area contributed by atoms with Crippen LogP contribution in [0.25, 0.3) is 0 Å². The van der Waals surface area contributed by atoms with E-state index in [0.29, 0.717) is 5.96 Å². The zero-order chi connectivity index (χ0) is 7.44. The van der Waals surface area contributed by atoms with Gasteiger partial charge in [-0.3, -0.25) is 4.90 Å². The fraction of sp³-hybridized carbons (Fsp3) is 0.833. The molecule has 54 valence electrons. The summed E-state index contributed by atoms with van der Waals surface area (Å²) in [6.45, 7) is 3.03. The third-order valence-electron chi connectivity index (χ3n) is 1.38. The Morgan fingerprint density at radius 3 is 2.11 bits per heavy atom. The summed E-state index contributed by atoms with van der Waals surface area (Å²) >= 11 is 0. The molecule has 0 amide bonds. The summed E-state index contributed by atoms with van der Waals surface area (Å²) < 4.78 is 0. The van der Waals surface area contributed by atoms with E-state index in [9.17, 15) is 0 Å². The van der Waals surface area contributed by atoms with E-state index in [1.54, 1.807) is 0 Å². The van der Waals surface area contributed by atoms with Crippen LogP contribution in [0.15, 0.2) is 0 Å². The maximum atomic E-state index is 7.44. The zero-order valence-corrected chi connectivity index (χ0v) is 6.65. The van der Waals surface area contributed by atoms with Gasteiger partial charge in [0.15, 0.2) is 0 Å². The highest BCUT2D eigenvalue weighted by Gasteiger charge is 2.07. The van der Waals surface area contributed by atoms with Crippen molar-refractivity contribution in [3.8, 4) is 0 Å². The first-order valence-corrected chi connectivity index (χ1v) is 3.18. The van der Waals surface area contributed by atoms with E-state index in [4.69, 9.17) is 5.41 Å². The summed E-state index contributed by atoms with van der Waals surface area (Å²) in [5, 5.41) is 7.44. The maximum absolute atomic E-state index is 7.44. The van der Waals surface area contributed by atoms with E-state index in [-0.39, 0.29) is 0 Å². The van der Waals surface area contributed by atoms with Gasteiger partial charge in [-0.1, -0.05) is 0 Å². The van der Waals surface area contributed by atoms with Crippen LogP contribution in [0.3, 0.4) is 0 Å². The van der Waals surface area contributed by atoms with Crippen molar-refractivity contribution in [2.75, 3.05) is 27.7 Å². The molecule has 0 aliphatic carbocycles. The van der Waals surface area contributed by atoms with Crippen LogP contribution >= 0.6 is 0 Å². The van der Waals surface area contributed by atoms with Gasteiger partial charge in [0.05, 0.1) is 13.6 Å². The Morgan fingerprint density at radius 2 is 2.00 bits per heavy atom. The van der Waals surface area contributed by atoms with Crippen molar-refractivity contribution in [1.29, 1.82) is 5.41 Å². The van der Waals surface area contributed by atoms with Gasteiger partial charge in [0.2, 0.25) is 0 Å². The number of nitrogens with zero attached hydrogens (tertiary/aromatic N) is 1. The first-order valence-electron chi connectivity index (χ1n) is 3.18. The van der Waals surface area contributed by atoms with Gasteiger partial charge in [0.25, 0.3) is 5.96 Å². The van der Waals surface area contributed by atoms with E-state index >= 15 is 0 Å². The van der Waals surface area contributed by atoms with Crippen molar-refractivity contribution in [3.63, 3.8) is 0 Å². The molecule has 3 nitrogen and oxygen atoms in total. The molecule has 0 aromatic carbocycles. The Bertz CT molecular complexity index is 98.5. The number of quaternary nitrogens is 1. The molecule has 0 heterocycles. The van der Waals surface area contributed by atoms with Crippen LogP contribution in [0.5, 0.6) is 0 Å². The van der Waals surface area contributed by atoms with E-state index in [0.717, 1.165) is 11.4 Å². The topological polar surface area (TPSA) is 31.5 Å². The van der Waals surface area contributed by atoms with E-state index < -0.39 is 0 Å². The molecule has 0 aromatic rings. The SMILES string of the molecule is CC[NH+](C)C(=N)N(C)C. The van der Waals surface area contributed by atoms with Crippen molar-refractivity contribution in [3.05, 3.63) is 0 Å². The molecule has 0 aliphatic rings. The molecule has 0 rings (SSSR count). The molecule has 1 unspecified atom stereocenters. The van der Waals surface area contributed by atoms with Crippen LogP contribution in [0, 0.1) is 5.41 Å². The minimum atomic E-state index is 0.637. The molecule has 1 atom stereocenters. The zero-order valence-electron chi connectivity index (χ0n) is 6.65. The normalized spacial score (nSPS) is 12.9. The quantitative estimate of drug-likeness (QED) is 0.347. The Balaban J connectivity index is 3.73. The van der Waals surface area contributed by atoms with Crippen LogP contribution in [-0.4, -0.2) is 38.5 Å². The van der Waals surface area contributed by atoms with Gasteiger partial charge in [0.1, 0.15) is 0 Å². The molecule has 0 bridgehead atoms. The lowest BCUT2D eigenvalue weighted by Crippen LogP contribution is -3.12. The molecular weight excluding hydrogens is 114 g/mol. The molecule has 0 fully saturated rings. The third-order valence-corrected chi connectivity index (χ3v) is 1.38. The molecular formula is C6H16N3+. The van der Waals surface area contributed by atoms with E-state index in [1.807, 2.05) is 26.0 Å². The van der Waals surface area contributed by atoms with E-state index in [2.05, 4.69) is 6.92 Å². The molecule has 9 heavy (non-hydrogen) atoms. The number of guanidine groups is 1. The Labute approximate surface area is 56.8 Å². The van der Waals surface area contributed by atoms with Crippen LogP contribution < -0.4 is 4.90 Å². The summed E-state index contributed by atoms with van der Waals surface area (Å²) in [6.07, 6.45) is 0. The fourth-order valence-electron chi connectivity index (χ4n) is 0.549. The molecule has 0 radical (unpaired) electrons. The summed E-state index contributed by atoms with van der Waals surface area (Å²) in [5.74, 6) is 0.637. The average Bonchev–Trinajstić information content (AvgIpc) is 1.84. The van der Waals surface area contributed by atoms with Crippen molar-refractivity contribution in [2.24, 2.45) is 0 Å². The predicted molar refractivity (Wildman–Crippen MR) is 38.8 cm³/mol. The second-order valence-electron chi connectivity index (χ2n) is 2.38. The summed E-state index contributed by atoms with van der Waals surface area (Å²) in [7, 11) is 5.77. The predicted octanol–water partition coefficient (Wildman–Crippen LogP) is -0.983. The van der Waals surface area contributed by atoms with Crippen LogP contribution in [0.1, 0.15) is 6.92 Å². The molecule has 0 aliphatic heterocycles. The molecule has 0 spiro atoms. The minimum Gasteiger partial charge on any atom is -0.318 e. The number of hydrogen-bond donors (Lipinski definition) is 2. The van der Waals surface area contributed by atoms with Gasteiger partial charge in [-0.2, -0.15) is 0 Å². The van der Waals surface area contributed by atoms with E-state index in [1.165, 1.54) is 0 Å². The van der Waals surface area contributed by atoms with Crippen molar-refractivity contribution >= 4 is 5.96 Å². The van der Waals surface area contributed by atoms with Gasteiger partial charge >= 0.3 is 0 Å². The van der Waals surface area contributed by atoms with Gasteiger partial charge in [-0.25, -0.2) is 5.41 Å². The maximum Gasteiger partial charge on any atom is 0.294 e. The summed E-state index contributed by atoms with van der Waals surface area (Å²) in [6, 6.07) is 0. The number of hydrogen-bond acceptors (Lipinski definition) is 1. The summed E-state index contributed by atoms with van der Waals surface area (Å²) in [5.41, 5.74) is 0. The number of rotatable bonds is 1. The van der Waals surface area contributed by atoms with Crippen molar-refractivity contribution < 1.29 is 4.90 Å². The highest BCUT2D eigenvalue weighted by Crippen LogP contribution is 1.64. The number of nitrogens with one attached hydrogen (secondary N) is 2. The van der Waals surface area contributed by atoms with Gasteiger partial charge in [0, 0.05) is 14.1 Å². The lowest BCUT2D eigenvalue weighted by atomic mass is 10.6. The van der Waals surface area contributed by atoms with Gasteiger partial charge < -0.3 is 4.90 Å². The Kier molecular flexibility index (Phi) is 3.24. The van der Waals surface area contributed by atoms with Crippen molar-refractivity contribution in [2.45, 2.75) is 6.92 Å². The molecule has 0 aromatic heterocycles. The second kappa shape index (κ2) is 3.45. The average molecular weight is 130 g/mol. The minimum absolute atomic E-state index is 0.637. The molecule has 0 saturated heterocycles. The first kappa shape index (κ1) is 8.43. The molecule has 2 N–H and O–H groups in total. The Hall–Kier alpha value is -0.570. The third kappa shape index (κ3) is 2.46.